The second-order valence-electron chi connectivity index (χ2n) is 7.21. The molecule has 1 aromatic carbocycles. The molecule has 0 saturated carbocycles. The Balaban J connectivity index is 1.96. The van der Waals surface area contributed by atoms with E-state index >= 15 is 0 Å². The molecule has 2 aliphatic rings. The highest BCUT2D eigenvalue weighted by atomic mass is 79.9. The number of halogens is 1. The molecule has 0 N–H and O–H groups in total. The first kappa shape index (κ1) is 22.6. The van der Waals surface area contributed by atoms with Crippen molar-refractivity contribution in [3.05, 3.63) is 45.2 Å². The molecule has 0 radical (unpaired) electrons. The number of aromatic nitrogens is 2. The average Bonchev–Trinajstić information content (AvgIpc) is 3.29. The largest absolute Gasteiger partial charge is 0.379 e. The molecule has 4 rings (SSSR count). The Morgan fingerprint density at radius 3 is 2.29 bits per heavy atom. The number of hydrogen-bond donors (Lipinski definition) is 0. The van der Waals surface area contributed by atoms with E-state index in [0.29, 0.717) is 36.6 Å². The highest BCUT2D eigenvalue weighted by molar-refractivity contribution is 9.10. The van der Waals surface area contributed by atoms with Gasteiger partial charge in [0.25, 0.3) is 5.69 Å². The minimum Gasteiger partial charge on any atom is -0.379 e. The number of imidazole rings is 1. The third-order valence-electron chi connectivity index (χ3n) is 5.46. The van der Waals surface area contributed by atoms with Crippen molar-refractivity contribution in [3.63, 3.8) is 0 Å². The van der Waals surface area contributed by atoms with Gasteiger partial charge >= 0.3 is 0 Å². The molecule has 0 aliphatic carbocycles. The summed E-state index contributed by atoms with van der Waals surface area (Å²) in [6.45, 7) is 8.40. The van der Waals surface area contributed by atoms with Gasteiger partial charge in [-0.3, -0.25) is 10.1 Å². The SMILES string of the molecule is CCn1ccnc1P(=Nc1ccc([N+](=O)[O-])cc1Br)(N1CCOCC1)N1CCOCC1. The lowest BCUT2D eigenvalue weighted by Gasteiger charge is -2.45. The molecule has 2 fully saturated rings. The van der Waals surface area contributed by atoms with Crippen LogP contribution in [0.3, 0.4) is 0 Å². The van der Waals surface area contributed by atoms with E-state index in [1.165, 1.54) is 12.1 Å². The first-order valence-corrected chi connectivity index (χ1v) is 12.7. The monoisotopic (exact) mass is 512 g/mol. The summed E-state index contributed by atoms with van der Waals surface area (Å²) in [6, 6.07) is 4.73. The van der Waals surface area contributed by atoms with Gasteiger partial charge in [-0.2, -0.15) is 0 Å². The van der Waals surface area contributed by atoms with Crippen LogP contribution in [0.1, 0.15) is 6.92 Å². The van der Waals surface area contributed by atoms with Crippen LogP contribution >= 0.6 is 23.3 Å². The van der Waals surface area contributed by atoms with E-state index < -0.39 is 12.3 Å². The summed E-state index contributed by atoms with van der Waals surface area (Å²) in [5.74, 6) is 0. The van der Waals surface area contributed by atoms with E-state index in [1.54, 1.807) is 6.07 Å². The van der Waals surface area contributed by atoms with Crippen LogP contribution in [0.5, 0.6) is 0 Å². The van der Waals surface area contributed by atoms with Crippen LogP contribution in [0.15, 0.2) is 39.8 Å². The summed E-state index contributed by atoms with van der Waals surface area (Å²) < 4.78 is 24.3. The average molecular weight is 513 g/mol. The molecule has 0 atom stereocenters. The summed E-state index contributed by atoms with van der Waals surface area (Å²) in [5.41, 5.74) is 1.65. The van der Waals surface area contributed by atoms with Crippen LogP contribution < -0.4 is 5.57 Å². The van der Waals surface area contributed by atoms with E-state index in [-0.39, 0.29) is 5.69 Å². The number of benzene rings is 1. The smallest absolute Gasteiger partial charge is 0.270 e. The second kappa shape index (κ2) is 9.89. The van der Waals surface area contributed by atoms with Crippen molar-refractivity contribution in [3.8, 4) is 0 Å². The van der Waals surface area contributed by atoms with E-state index in [0.717, 1.165) is 38.3 Å². The van der Waals surface area contributed by atoms with Gasteiger partial charge in [-0.15, -0.1) is 0 Å². The highest BCUT2D eigenvalue weighted by Crippen LogP contribution is 2.58. The fraction of sp³-hybridized carbons (Fsp3) is 0.526. The van der Waals surface area contributed by atoms with Gasteiger partial charge < -0.3 is 14.0 Å². The zero-order chi connectivity index (χ0) is 21.8. The van der Waals surface area contributed by atoms with Gasteiger partial charge in [0.1, 0.15) is 0 Å². The fourth-order valence-corrected chi connectivity index (χ4v) is 8.42. The molecule has 2 saturated heterocycles. The fourth-order valence-electron chi connectivity index (χ4n) is 3.93. The number of nitrogens with zero attached hydrogens (tertiary/aromatic N) is 6. The van der Waals surface area contributed by atoms with E-state index in [2.05, 4.69) is 36.8 Å². The lowest BCUT2D eigenvalue weighted by molar-refractivity contribution is -0.384. The summed E-state index contributed by atoms with van der Waals surface area (Å²) in [4.78, 5) is 15.6. The molecule has 168 valence electrons. The maximum Gasteiger partial charge on any atom is 0.270 e. The zero-order valence-electron chi connectivity index (χ0n) is 17.4. The lowest BCUT2D eigenvalue weighted by atomic mass is 10.3. The minimum atomic E-state index is -2.51. The van der Waals surface area contributed by atoms with Crippen molar-refractivity contribution in [2.45, 2.75) is 13.5 Å². The number of rotatable bonds is 6. The molecule has 31 heavy (non-hydrogen) atoms. The maximum atomic E-state index is 11.2. The first-order chi connectivity index (χ1) is 15.1. The molecular formula is C19H26BrN6O4P. The number of aryl methyl sites for hydroxylation is 1. The number of nitro groups is 1. The van der Waals surface area contributed by atoms with E-state index in [1.807, 2.05) is 12.4 Å². The summed E-state index contributed by atoms with van der Waals surface area (Å²) >= 11 is 3.52. The molecule has 12 heteroatoms. The number of non-ortho nitro benzene ring substituents is 1. The van der Waals surface area contributed by atoms with Crippen LogP contribution in [0.2, 0.25) is 0 Å². The Hall–Kier alpha value is -1.62. The van der Waals surface area contributed by atoms with Gasteiger partial charge in [0.05, 0.1) is 41.5 Å². The predicted octanol–water partition coefficient (Wildman–Crippen LogP) is 3.23. The Labute approximate surface area is 189 Å². The molecule has 10 nitrogen and oxygen atoms in total. The van der Waals surface area contributed by atoms with Crippen LogP contribution in [-0.4, -0.2) is 76.4 Å². The minimum absolute atomic E-state index is 0.0301. The quantitative estimate of drug-likeness (QED) is 0.332. The standard InChI is InChI=1S/C19H26BrN6O4P/c1-2-23-6-5-21-19(23)31(24-7-11-29-12-8-24,25-9-13-30-14-10-25)22-18-4-3-16(26(27)28)15-17(18)20/h3-6,15H,2,7-14H2,1H3. The van der Waals surface area contributed by atoms with Crippen LogP contribution in [-0.2, 0) is 16.0 Å². The number of ether oxygens (including phenoxy) is 2. The molecular weight excluding hydrogens is 487 g/mol. The van der Waals surface area contributed by atoms with Gasteiger partial charge in [0, 0.05) is 57.3 Å². The van der Waals surface area contributed by atoms with Crippen LogP contribution in [0.4, 0.5) is 11.4 Å². The Bertz CT molecular complexity index is 966. The van der Waals surface area contributed by atoms with E-state index in [9.17, 15) is 10.1 Å². The maximum absolute atomic E-state index is 11.2. The molecule has 3 heterocycles. The molecule has 2 aliphatic heterocycles. The van der Waals surface area contributed by atoms with Gasteiger partial charge in [0.15, 0.2) is 12.9 Å². The third kappa shape index (κ3) is 4.48. The van der Waals surface area contributed by atoms with Crippen molar-refractivity contribution >= 4 is 40.2 Å². The summed E-state index contributed by atoms with van der Waals surface area (Å²) in [7, 11) is -2.51. The first-order valence-electron chi connectivity index (χ1n) is 10.3. The van der Waals surface area contributed by atoms with Crippen LogP contribution in [0.25, 0.3) is 0 Å². The molecule has 0 spiro atoms. The summed E-state index contributed by atoms with van der Waals surface area (Å²) in [5, 5.41) is 11.2. The molecule has 0 unspecified atom stereocenters. The van der Waals surface area contributed by atoms with Gasteiger partial charge in [-0.05, 0) is 28.9 Å². The molecule has 1 aromatic heterocycles. The normalized spacial score (nSPS) is 18.8. The van der Waals surface area contributed by atoms with Crippen molar-refractivity contribution in [2.75, 3.05) is 52.6 Å². The zero-order valence-corrected chi connectivity index (χ0v) is 19.9. The Kier molecular flexibility index (Phi) is 7.20. The van der Waals surface area contributed by atoms with Gasteiger partial charge in [-0.25, -0.2) is 19.1 Å². The highest BCUT2D eigenvalue weighted by Gasteiger charge is 2.41. The predicted molar refractivity (Wildman–Crippen MR) is 122 cm³/mol. The molecule has 2 aromatic rings. The topological polar surface area (TPSA) is 98.3 Å². The number of morpholine rings is 2. The molecule has 0 amide bonds. The number of nitro benzene ring substituents is 1. The van der Waals surface area contributed by atoms with Crippen LogP contribution in [0, 0.1) is 10.1 Å². The van der Waals surface area contributed by atoms with Gasteiger partial charge in [-0.1, -0.05) is 0 Å². The van der Waals surface area contributed by atoms with Crippen molar-refractivity contribution < 1.29 is 14.4 Å². The third-order valence-corrected chi connectivity index (χ3v) is 9.87. The number of hydrogen-bond acceptors (Lipinski definition) is 6. The molecule has 0 bridgehead atoms. The Morgan fingerprint density at radius 2 is 1.77 bits per heavy atom. The van der Waals surface area contributed by atoms with E-state index in [4.69, 9.17) is 19.2 Å². The van der Waals surface area contributed by atoms with Crippen molar-refractivity contribution in [2.24, 2.45) is 4.74 Å². The van der Waals surface area contributed by atoms with Crippen molar-refractivity contribution in [1.82, 2.24) is 18.9 Å². The summed E-state index contributed by atoms with van der Waals surface area (Å²) in [6.07, 6.45) is 3.82. The van der Waals surface area contributed by atoms with Crippen molar-refractivity contribution in [1.29, 1.82) is 0 Å². The Morgan fingerprint density at radius 1 is 1.16 bits per heavy atom. The van der Waals surface area contributed by atoms with Gasteiger partial charge in [0.2, 0.25) is 0 Å². The second-order valence-corrected chi connectivity index (χ2v) is 10.9. The lowest BCUT2D eigenvalue weighted by Crippen LogP contribution is -2.48.